The molecule has 0 radical (unpaired) electrons. The summed E-state index contributed by atoms with van der Waals surface area (Å²) in [6, 6.07) is 8.84. The summed E-state index contributed by atoms with van der Waals surface area (Å²) in [6.07, 6.45) is 8.01. The van der Waals surface area contributed by atoms with E-state index in [-0.39, 0.29) is 4.90 Å². The molecular formula is C18H17N5O2S. The van der Waals surface area contributed by atoms with Gasteiger partial charge in [-0.3, -0.25) is 4.98 Å². The number of aromatic amines is 1. The van der Waals surface area contributed by atoms with Gasteiger partial charge >= 0.3 is 0 Å². The molecule has 0 aliphatic rings. The molecule has 2 N–H and O–H groups in total. The van der Waals surface area contributed by atoms with Crippen LogP contribution in [0.15, 0.2) is 66.2 Å². The van der Waals surface area contributed by atoms with Crippen molar-refractivity contribution in [3.8, 4) is 11.3 Å². The topological polar surface area (TPSA) is 92.7 Å². The van der Waals surface area contributed by atoms with Gasteiger partial charge in [-0.15, -0.1) is 0 Å². The molecule has 8 heteroatoms. The van der Waals surface area contributed by atoms with Gasteiger partial charge in [0.1, 0.15) is 10.5 Å². The summed E-state index contributed by atoms with van der Waals surface area (Å²) in [7, 11) is -1.94. The molecule has 0 fully saturated rings. The maximum absolute atomic E-state index is 13.1. The Bertz CT molecular complexity index is 1160. The van der Waals surface area contributed by atoms with Crippen molar-refractivity contribution in [2.24, 2.45) is 0 Å². The second-order valence-electron chi connectivity index (χ2n) is 5.89. The normalized spacial score (nSPS) is 11.9. The average molecular weight is 367 g/mol. The Morgan fingerprint density at radius 1 is 1.23 bits per heavy atom. The fourth-order valence-corrected chi connectivity index (χ4v) is 4.26. The maximum Gasteiger partial charge on any atom is 0.269 e. The molecule has 0 amide bonds. The van der Waals surface area contributed by atoms with E-state index < -0.39 is 10.0 Å². The number of aromatic nitrogens is 4. The van der Waals surface area contributed by atoms with E-state index >= 15 is 0 Å². The van der Waals surface area contributed by atoms with Gasteiger partial charge in [0.25, 0.3) is 10.0 Å². The monoisotopic (exact) mass is 367 g/mol. The Balaban J connectivity index is 1.91. The lowest BCUT2D eigenvalue weighted by molar-refractivity contribution is 0.587. The molecule has 4 aromatic heterocycles. The molecule has 4 rings (SSSR count). The number of nitrogens with zero attached hydrogens (tertiary/aromatic N) is 3. The van der Waals surface area contributed by atoms with E-state index in [4.69, 9.17) is 0 Å². The summed E-state index contributed by atoms with van der Waals surface area (Å²) >= 11 is 0. The molecule has 0 spiro atoms. The first-order valence-electron chi connectivity index (χ1n) is 8.04. The molecule has 0 unspecified atom stereocenters. The molecule has 0 saturated carbocycles. The molecule has 26 heavy (non-hydrogen) atoms. The Labute approximate surface area is 150 Å². The lowest BCUT2D eigenvalue weighted by Crippen LogP contribution is -2.13. The lowest BCUT2D eigenvalue weighted by Gasteiger charge is -2.10. The maximum atomic E-state index is 13.1. The minimum Gasteiger partial charge on any atom is -0.346 e. The molecular weight excluding hydrogens is 350 g/mol. The Morgan fingerprint density at radius 3 is 2.88 bits per heavy atom. The predicted octanol–water partition coefficient (Wildman–Crippen LogP) is 2.38. The van der Waals surface area contributed by atoms with Gasteiger partial charge in [0, 0.05) is 48.5 Å². The van der Waals surface area contributed by atoms with Crippen LogP contribution in [0.1, 0.15) is 5.56 Å². The quantitative estimate of drug-likeness (QED) is 0.565. The van der Waals surface area contributed by atoms with Crippen molar-refractivity contribution >= 4 is 21.1 Å². The largest absolute Gasteiger partial charge is 0.346 e. The van der Waals surface area contributed by atoms with Crippen molar-refractivity contribution in [1.82, 2.24) is 24.2 Å². The number of hydrogen-bond donors (Lipinski definition) is 2. The molecule has 0 atom stereocenters. The van der Waals surface area contributed by atoms with Crippen molar-refractivity contribution in [2.45, 2.75) is 11.4 Å². The minimum absolute atomic E-state index is 0.142. The van der Waals surface area contributed by atoms with Crippen molar-refractivity contribution in [2.75, 3.05) is 7.05 Å². The van der Waals surface area contributed by atoms with Gasteiger partial charge in [0.15, 0.2) is 0 Å². The van der Waals surface area contributed by atoms with Crippen LogP contribution in [0.2, 0.25) is 0 Å². The first-order chi connectivity index (χ1) is 12.6. The van der Waals surface area contributed by atoms with E-state index in [0.29, 0.717) is 12.2 Å². The molecule has 132 valence electrons. The van der Waals surface area contributed by atoms with E-state index in [1.807, 2.05) is 25.2 Å². The zero-order valence-electron chi connectivity index (χ0n) is 14.0. The van der Waals surface area contributed by atoms with Crippen LogP contribution in [0.3, 0.4) is 0 Å². The van der Waals surface area contributed by atoms with Crippen LogP contribution in [0.25, 0.3) is 22.3 Å². The van der Waals surface area contributed by atoms with E-state index in [2.05, 4.69) is 20.3 Å². The van der Waals surface area contributed by atoms with Gasteiger partial charge in [-0.05, 0) is 42.9 Å². The summed E-state index contributed by atoms with van der Waals surface area (Å²) in [5, 5.41) is 3.97. The number of hydrogen-bond acceptors (Lipinski definition) is 5. The third-order valence-electron chi connectivity index (χ3n) is 4.11. The van der Waals surface area contributed by atoms with Gasteiger partial charge in [-0.25, -0.2) is 17.4 Å². The number of pyridine rings is 2. The zero-order valence-corrected chi connectivity index (χ0v) is 14.9. The Kier molecular flexibility index (Phi) is 4.06. The first kappa shape index (κ1) is 16.5. The Hall–Kier alpha value is -2.97. The van der Waals surface area contributed by atoms with Crippen LogP contribution in [-0.2, 0) is 16.6 Å². The fraction of sp³-hybridized carbons (Fsp3) is 0.111. The summed E-state index contributed by atoms with van der Waals surface area (Å²) in [5.74, 6) is 0. The average Bonchev–Trinajstić information content (AvgIpc) is 3.29. The SMILES string of the molecule is CNCc1cc(-c2cnc3[nH]ccc3c2)n(S(=O)(=O)c2cccnc2)c1. The smallest absolute Gasteiger partial charge is 0.269 e. The van der Waals surface area contributed by atoms with Crippen molar-refractivity contribution < 1.29 is 8.42 Å². The van der Waals surface area contributed by atoms with Gasteiger partial charge in [-0.1, -0.05) is 0 Å². The van der Waals surface area contributed by atoms with Gasteiger partial charge in [0.05, 0.1) is 5.69 Å². The molecule has 0 aromatic carbocycles. The van der Waals surface area contributed by atoms with E-state index in [0.717, 1.165) is 22.2 Å². The van der Waals surface area contributed by atoms with Crippen LogP contribution in [0, 0.1) is 0 Å². The van der Waals surface area contributed by atoms with E-state index in [9.17, 15) is 8.42 Å². The van der Waals surface area contributed by atoms with E-state index in [1.54, 1.807) is 30.9 Å². The highest BCUT2D eigenvalue weighted by Gasteiger charge is 2.22. The van der Waals surface area contributed by atoms with Crippen LogP contribution in [0.4, 0.5) is 0 Å². The number of rotatable bonds is 5. The summed E-state index contributed by atoms with van der Waals surface area (Å²) in [6.45, 7) is 0.558. The third-order valence-corrected chi connectivity index (χ3v) is 5.77. The van der Waals surface area contributed by atoms with E-state index in [1.165, 1.54) is 16.2 Å². The van der Waals surface area contributed by atoms with Gasteiger partial charge in [0.2, 0.25) is 0 Å². The third kappa shape index (κ3) is 2.79. The lowest BCUT2D eigenvalue weighted by atomic mass is 10.1. The summed E-state index contributed by atoms with van der Waals surface area (Å²) in [5.41, 5.74) is 2.92. The minimum atomic E-state index is -3.76. The number of fused-ring (bicyclic) bond motifs is 1. The van der Waals surface area contributed by atoms with Crippen molar-refractivity contribution in [3.05, 3.63) is 66.9 Å². The zero-order chi connectivity index (χ0) is 18.1. The molecule has 7 nitrogen and oxygen atoms in total. The van der Waals surface area contributed by atoms with Crippen molar-refractivity contribution in [1.29, 1.82) is 0 Å². The second kappa shape index (κ2) is 6.40. The highest BCUT2D eigenvalue weighted by molar-refractivity contribution is 7.90. The van der Waals surface area contributed by atoms with Crippen LogP contribution < -0.4 is 5.32 Å². The number of nitrogens with one attached hydrogen (secondary N) is 2. The van der Waals surface area contributed by atoms with Crippen LogP contribution in [-0.4, -0.2) is 34.4 Å². The first-order valence-corrected chi connectivity index (χ1v) is 9.48. The molecule has 4 heterocycles. The standard InChI is InChI=1S/C18H17N5O2S/c1-19-9-13-7-17(15-8-14-4-6-21-18(14)22-10-15)23(12-13)26(24,25)16-3-2-5-20-11-16/h2-8,10-12,19H,9H2,1H3,(H,21,22). The summed E-state index contributed by atoms with van der Waals surface area (Å²) in [4.78, 5) is 11.5. The van der Waals surface area contributed by atoms with Gasteiger partial charge < -0.3 is 10.3 Å². The highest BCUT2D eigenvalue weighted by Crippen LogP contribution is 2.28. The predicted molar refractivity (Wildman–Crippen MR) is 99.1 cm³/mol. The van der Waals surface area contributed by atoms with Gasteiger partial charge in [-0.2, -0.15) is 0 Å². The molecule has 0 saturated heterocycles. The molecule has 4 aromatic rings. The highest BCUT2D eigenvalue weighted by atomic mass is 32.2. The second-order valence-corrected chi connectivity index (χ2v) is 7.71. The summed E-state index contributed by atoms with van der Waals surface area (Å²) < 4.78 is 27.6. The van der Waals surface area contributed by atoms with Crippen LogP contribution >= 0.6 is 0 Å². The van der Waals surface area contributed by atoms with Crippen LogP contribution in [0.5, 0.6) is 0 Å². The fourth-order valence-electron chi connectivity index (χ4n) is 2.90. The molecule has 0 aliphatic carbocycles. The van der Waals surface area contributed by atoms with Crippen molar-refractivity contribution in [3.63, 3.8) is 0 Å². The Morgan fingerprint density at radius 2 is 2.12 bits per heavy atom. The molecule has 0 aliphatic heterocycles. The number of H-pyrrole nitrogens is 1. The molecule has 0 bridgehead atoms.